The molecule has 0 saturated carbocycles. The Morgan fingerprint density at radius 2 is 1.82 bits per heavy atom. The van der Waals surface area contributed by atoms with Crippen LogP contribution in [0.1, 0.15) is 36.2 Å². The molecule has 0 spiro atoms. The van der Waals surface area contributed by atoms with Crippen LogP contribution in [-0.4, -0.2) is 21.9 Å². The molecule has 2 atom stereocenters. The van der Waals surface area contributed by atoms with Crippen LogP contribution in [0.15, 0.2) is 72.9 Å². The number of carbonyl (C=O) groups is 1. The van der Waals surface area contributed by atoms with E-state index in [1.54, 1.807) is 12.1 Å². The van der Waals surface area contributed by atoms with Gasteiger partial charge in [-0.3, -0.25) is 9.69 Å². The van der Waals surface area contributed by atoms with Crippen LogP contribution in [0.3, 0.4) is 0 Å². The van der Waals surface area contributed by atoms with Crippen molar-refractivity contribution in [3.8, 4) is 0 Å². The minimum atomic E-state index is -0.409. The van der Waals surface area contributed by atoms with Gasteiger partial charge in [0.1, 0.15) is 11.9 Å². The molecule has 1 saturated heterocycles. The minimum absolute atomic E-state index is 0.0982. The number of benzene rings is 2. The summed E-state index contributed by atoms with van der Waals surface area (Å²) in [6.07, 6.45) is 4.11. The van der Waals surface area contributed by atoms with Crippen LogP contribution in [0.5, 0.6) is 0 Å². The average Bonchev–Trinajstić information content (AvgIpc) is 3.33. The van der Waals surface area contributed by atoms with E-state index in [-0.39, 0.29) is 17.8 Å². The average molecular weight is 377 g/mol. The molecule has 1 aliphatic heterocycles. The van der Waals surface area contributed by atoms with Crippen LogP contribution in [0.2, 0.25) is 0 Å². The zero-order valence-corrected chi connectivity index (χ0v) is 15.9. The number of aromatic nitrogens is 1. The predicted molar refractivity (Wildman–Crippen MR) is 108 cm³/mol. The highest BCUT2D eigenvalue weighted by Gasteiger charge is 2.37. The molecule has 0 unspecified atom stereocenters. The van der Waals surface area contributed by atoms with E-state index in [9.17, 15) is 9.18 Å². The van der Waals surface area contributed by atoms with Crippen LogP contribution < -0.4 is 5.32 Å². The molecule has 2 heterocycles. The molecule has 4 nitrogen and oxygen atoms in total. The van der Waals surface area contributed by atoms with Gasteiger partial charge in [0.2, 0.25) is 5.91 Å². The highest BCUT2D eigenvalue weighted by atomic mass is 19.1. The number of aryl methyl sites for hydroxylation is 1. The van der Waals surface area contributed by atoms with Crippen molar-refractivity contribution in [1.82, 2.24) is 9.47 Å². The van der Waals surface area contributed by atoms with E-state index in [1.807, 2.05) is 49.6 Å². The topological polar surface area (TPSA) is 37.3 Å². The number of amides is 1. The largest absolute Gasteiger partial charge is 0.353 e. The SMILES string of the molecule is Cn1cccc1[C@@H]1CCCN1[C@H](C(=O)Nc1ccc(F)cc1)c1ccccc1. The van der Waals surface area contributed by atoms with E-state index in [0.717, 1.165) is 24.9 Å². The number of rotatable bonds is 5. The third kappa shape index (κ3) is 3.71. The molecule has 3 aromatic rings. The van der Waals surface area contributed by atoms with E-state index in [4.69, 9.17) is 0 Å². The Bertz CT molecular complexity index is 936. The van der Waals surface area contributed by atoms with Gasteiger partial charge >= 0.3 is 0 Å². The lowest BCUT2D eigenvalue weighted by atomic mass is 10.0. The lowest BCUT2D eigenvalue weighted by molar-refractivity contribution is -0.122. The quantitative estimate of drug-likeness (QED) is 0.701. The molecule has 1 fully saturated rings. The molecule has 0 bridgehead atoms. The zero-order valence-electron chi connectivity index (χ0n) is 15.9. The lowest BCUT2D eigenvalue weighted by Crippen LogP contribution is -2.37. The molecule has 144 valence electrons. The molecule has 0 radical (unpaired) electrons. The molecule has 28 heavy (non-hydrogen) atoms. The number of nitrogens with one attached hydrogen (secondary N) is 1. The molecular formula is C23H24FN3O. The van der Waals surface area contributed by atoms with Crippen molar-refractivity contribution in [2.45, 2.75) is 24.9 Å². The maximum absolute atomic E-state index is 13.3. The Kier molecular flexibility index (Phi) is 5.26. The first kappa shape index (κ1) is 18.4. The molecule has 1 aromatic heterocycles. The molecule has 4 rings (SSSR count). The van der Waals surface area contributed by atoms with Crippen molar-refractivity contribution in [1.29, 1.82) is 0 Å². The van der Waals surface area contributed by atoms with Crippen molar-refractivity contribution in [3.63, 3.8) is 0 Å². The van der Waals surface area contributed by atoms with Crippen molar-refractivity contribution < 1.29 is 9.18 Å². The van der Waals surface area contributed by atoms with Crippen LogP contribution in [0.4, 0.5) is 10.1 Å². The van der Waals surface area contributed by atoms with Gasteiger partial charge in [-0.1, -0.05) is 30.3 Å². The van der Waals surface area contributed by atoms with Gasteiger partial charge in [0.25, 0.3) is 0 Å². The number of carbonyl (C=O) groups excluding carboxylic acids is 1. The molecule has 0 aliphatic carbocycles. The van der Waals surface area contributed by atoms with Crippen molar-refractivity contribution >= 4 is 11.6 Å². The summed E-state index contributed by atoms with van der Waals surface area (Å²) in [7, 11) is 2.04. The third-order valence-electron chi connectivity index (χ3n) is 5.43. The monoisotopic (exact) mass is 377 g/mol. The summed E-state index contributed by atoms with van der Waals surface area (Å²) in [6.45, 7) is 0.853. The number of halogens is 1. The van der Waals surface area contributed by atoms with Crippen molar-refractivity contribution in [2.75, 3.05) is 11.9 Å². The summed E-state index contributed by atoms with van der Waals surface area (Å²) >= 11 is 0. The maximum Gasteiger partial charge on any atom is 0.246 e. The number of likely N-dealkylation sites (tertiary alicyclic amines) is 1. The van der Waals surface area contributed by atoms with Crippen LogP contribution >= 0.6 is 0 Å². The second-order valence-corrected chi connectivity index (χ2v) is 7.25. The number of anilines is 1. The van der Waals surface area contributed by atoms with Gasteiger partial charge in [0, 0.05) is 24.6 Å². The van der Waals surface area contributed by atoms with Gasteiger partial charge in [-0.2, -0.15) is 0 Å². The number of hydrogen-bond acceptors (Lipinski definition) is 2. The fourth-order valence-corrected chi connectivity index (χ4v) is 4.11. The van der Waals surface area contributed by atoms with Crippen LogP contribution in [-0.2, 0) is 11.8 Å². The van der Waals surface area contributed by atoms with E-state index in [0.29, 0.717) is 5.69 Å². The van der Waals surface area contributed by atoms with Gasteiger partial charge in [0.15, 0.2) is 0 Å². The van der Waals surface area contributed by atoms with E-state index in [2.05, 4.69) is 20.9 Å². The normalized spacial score (nSPS) is 18.1. The van der Waals surface area contributed by atoms with E-state index in [1.165, 1.54) is 17.8 Å². The summed E-state index contributed by atoms with van der Waals surface area (Å²) in [5.41, 5.74) is 2.78. The first-order valence-corrected chi connectivity index (χ1v) is 9.62. The zero-order chi connectivity index (χ0) is 19.5. The van der Waals surface area contributed by atoms with Gasteiger partial charge in [-0.15, -0.1) is 0 Å². The highest BCUT2D eigenvalue weighted by molar-refractivity contribution is 5.95. The summed E-state index contributed by atoms with van der Waals surface area (Å²) in [6, 6.07) is 19.7. The Morgan fingerprint density at radius 1 is 1.07 bits per heavy atom. The molecule has 5 heteroatoms. The second kappa shape index (κ2) is 7.98. The predicted octanol–water partition coefficient (Wildman–Crippen LogP) is 4.68. The van der Waals surface area contributed by atoms with Gasteiger partial charge < -0.3 is 9.88 Å². The summed E-state index contributed by atoms with van der Waals surface area (Å²) in [5.74, 6) is -0.417. The highest BCUT2D eigenvalue weighted by Crippen LogP contribution is 2.39. The lowest BCUT2D eigenvalue weighted by Gasteiger charge is -2.33. The summed E-state index contributed by atoms with van der Waals surface area (Å²) < 4.78 is 15.3. The molecule has 1 amide bonds. The van der Waals surface area contributed by atoms with Crippen LogP contribution in [0, 0.1) is 5.82 Å². The molecule has 1 N–H and O–H groups in total. The second-order valence-electron chi connectivity index (χ2n) is 7.25. The first-order chi connectivity index (χ1) is 13.6. The molecular weight excluding hydrogens is 353 g/mol. The minimum Gasteiger partial charge on any atom is -0.353 e. The smallest absolute Gasteiger partial charge is 0.246 e. The third-order valence-corrected chi connectivity index (χ3v) is 5.43. The number of nitrogens with zero attached hydrogens (tertiary/aromatic N) is 2. The fourth-order valence-electron chi connectivity index (χ4n) is 4.11. The molecule has 1 aliphatic rings. The van der Waals surface area contributed by atoms with Crippen molar-refractivity contribution in [3.05, 3.63) is 90.0 Å². The summed E-state index contributed by atoms with van der Waals surface area (Å²) in [4.78, 5) is 15.6. The fraction of sp³-hybridized carbons (Fsp3) is 0.261. The van der Waals surface area contributed by atoms with Crippen molar-refractivity contribution in [2.24, 2.45) is 7.05 Å². The Balaban J connectivity index is 1.66. The van der Waals surface area contributed by atoms with Gasteiger partial charge in [0.05, 0.1) is 6.04 Å². The Labute approximate surface area is 164 Å². The van der Waals surface area contributed by atoms with Gasteiger partial charge in [-0.05, 0) is 61.3 Å². The van der Waals surface area contributed by atoms with E-state index >= 15 is 0 Å². The Morgan fingerprint density at radius 3 is 2.50 bits per heavy atom. The van der Waals surface area contributed by atoms with Crippen LogP contribution in [0.25, 0.3) is 0 Å². The van der Waals surface area contributed by atoms with Gasteiger partial charge in [-0.25, -0.2) is 4.39 Å². The Hall–Kier alpha value is -2.92. The maximum atomic E-state index is 13.3. The standard InChI is InChI=1S/C23H24FN3O/c1-26-15-5-9-20(26)21-10-6-16-27(21)22(17-7-3-2-4-8-17)23(28)25-19-13-11-18(24)12-14-19/h2-5,7-9,11-15,21-22H,6,10,16H2,1H3,(H,25,28)/t21-,22-/m0/s1. The first-order valence-electron chi connectivity index (χ1n) is 9.62. The van der Waals surface area contributed by atoms with E-state index < -0.39 is 6.04 Å². The molecule has 2 aromatic carbocycles. The number of hydrogen-bond donors (Lipinski definition) is 1. The summed E-state index contributed by atoms with van der Waals surface area (Å²) in [5, 5.41) is 2.97.